The summed E-state index contributed by atoms with van der Waals surface area (Å²) in [5.74, 6) is 0. The molecule has 6 aliphatic carbocycles. The van der Waals surface area contributed by atoms with Gasteiger partial charge in [0.1, 0.15) is 0 Å². The highest BCUT2D eigenvalue weighted by atomic mass is 14.5. The smallest absolute Gasteiger partial charge is 0.0159 e. The van der Waals surface area contributed by atoms with Crippen LogP contribution in [0.3, 0.4) is 0 Å². The minimum absolute atomic E-state index is 0.0300. The van der Waals surface area contributed by atoms with Crippen LogP contribution in [0.4, 0.5) is 0 Å². The zero-order valence-corrected chi connectivity index (χ0v) is 84.8. The number of fused-ring (bicyclic) bond motifs is 24. The summed E-state index contributed by atoms with van der Waals surface area (Å²) in [4.78, 5) is 0. The molecule has 0 saturated carbocycles. The molecule has 0 heteroatoms. The summed E-state index contributed by atoms with van der Waals surface area (Å²) in [6.45, 7) is 37.7. The van der Waals surface area contributed by atoms with Crippen molar-refractivity contribution in [1.82, 2.24) is 0 Å². The summed E-state index contributed by atoms with van der Waals surface area (Å²) in [6, 6.07) is 156. The highest BCUT2D eigenvalue weighted by Crippen LogP contribution is 2.61. The molecule has 143 heavy (non-hydrogen) atoms. The van der Waals surface area contributed by atoms with Gasteiger partial charge >= 0.3 is 0 Å². The fourth-order valence-electron chi connectivity index (χ4n) is 27.0. The van der Waals surface area contributed by atoms with E-state index in [1.54, 1.807) is 0 Å². The van der Waals surface area contributed by atoms with E-state index in [2.05, 4.69) is 523 Å². The Balaban J connectivity index is 0.000000110. The maximum absolute atomic E-state index is 2.50. The fourth-order valence-corrected chi connectivity index (χ4v) is 27.0. The van der Waals surface area contributed by atoms with E-state index in [-0.39, 0.29) is 37.9 Å². The Morgan fingerprint density at radius 1 is 0.140 bits per heavy atom. The van der Waals surface area contributed by atoms with Crippen LogP contribution in [0.2, 0.25) is 0 Å². The van der Waals surface area contributed by atoms with E-state index in [1.807, 2.05) is 0 Å². The van der Waals surface area contributed by atoms with Crippen LogP contribution < -0.4 is 0 Å². The van der Waals surface area contributed by atoms with Crippen LogP contribution in [0.15, 0.2) is 413 Å². The molecule has 0 aliphatic heterocycles. The van der Waals surface area contributed by atoms with Gasteiger partial charge in [-0.15, -0.1) is 0 Å². The molecule has 28 rings (SSSR count). The molecule has 22 aromatic rings. The topological polar surface area (TPSA) is 0 Å². The number of benzene rings is 22. The predicted octanol–water partition coefficient (Wildman–Crippen LogP) is 39.1. The Morgan fingerprint density at radius 3 is 0.601 bits per heavy atom. The molecule has 688 valence electrons. The lowest BCUT2D eigenvalue weighted by molar-refractivity contribution is 0.591. The number of aryl methyl sites for hydroxylation is 1. The van der Waals surface area contributed by atoms with Gasteiger partial charge in [0.05, 0.1) is 0 Å². The zero-order chi connectivity index (χ0) is 97.6. The van der Waals surface area contributed by atoms with Crippen molar-refractivity contribution in [1.29, 1.82) is 0 Å². The first-order valence-electron chi connectivity index (χ1n) is 51.5. The van der Waals surface area contributed by atoms with E-state index in [4.69, 9.17) is 0 Å². The van der Waals surface area contributed by atoms with Crippen molar-refractivity contribution in [3.05, 3.63) is 490 Å². The standard InChI is InChI=1S/C50H38.C48H42.C45H36/c1-49(2)43-20-12-10-16-35(43)37-25-23-33(29-45(37)49)47-39-18-8-9-19-40(39)48(42-28-32(22-27-41(42)47)31-14-6-5-7-15-31)34-24-26-38-36-17-11-13-21-44(36)50(3,4)46(38)30-34;1-46(2,3)31-22-25-38-39(28-31)45(30-21-24-35-33-15-11-13-19-41(33)48(6,7)43(35)27-30)37-17-9-8-16-36(37)44(38)29-20-23-34-32-14-10-12-18-40(32)47(4,5)42(34)26-29;1-27-18-21-36-37(24-27)43(29-20-23-33-31-13-9-11-17-39(31)45(4,5)41(33)26-29)35-15-7-6-14-34(35)42(36)28-19-22-32-30-12-8-10-16-38(30)44(2,3)40(32)25-28/h5-30H,1-4H3;8-28H,1-7H3;6-26H,1-5H3. The summed E-state index contributed by atoms with van der Waals surface area (Å²) in [7, 11) is 0. The predicted molar refractivity (Wildman–Crippen MR) is 611 cm³/mol. The van der Waals surface area contributed by atoms with Gasteiger partial charge in [0.2, 0.25) is 0 Å². The highest BCUT2D eigenvalue weighted by Gasteiger charge is 2.43. The molecule has 6 aliphatic rings. The lowest BCUT2D eigenvalue weighted by Crippen LogP contribution is -2.15. The lowest BCUT2D eigenvalue weighted by Gasteiger charge is -2.25. The minimum Gasteiger partial charge on any atom is -0.0622 e. The average Bonchev–Trinajstić information content (AvgIpc) is 1.70. The summed E-state index contributed by atoms with van der Waals surface area (Å²) < 4.78 is 0. The Hall–Kier alpha value is -15.6. The highest BCUT2D eigenvalue weighted by molar-refractivity contribution is 6.25. The molecule has 0 amide bonds. The first kappa shape index (κ1) is 87.6. The lowest BCUT2D eigenvalue weighted by atomic mass is 9.78. The van der Waals surface area contributed by atoms with Crippen LogP contribution in [0, 0.1) is 6.92 Å². The molecular weight excluding hydrogens is 1720 g/mol. The van der Waals surface area contributed by atoms with Crippen molar-refractivity contribution in [2.24, 2.45) is 0 Å². The molecule has 0 nitrogen and oxygen atoms in total. The largest absolute Gasteiger partial charge is 0.0622 e. The monoisotopic (exact) mass is 1830 g/mol. The molecule has 0 bridgehead atoms. The van der Waals surface area contributed by atoms with Gasteiger partial charge in [-0.25, -0.2) is 0 Å². The minimum atomic E-state index is -0.0719. The van der Waals surface area contributed by atoms with Gasteiger partial charge in [-0.1, -0.05) is 473 Å². The molecule has 0 aromatic heterocycles. The van der Waals surface area contributed by atoms with Crippen molar-refractivity contribution in [3.63, 3.8) is 0 Å². The summed E-state index contributed by atoms with van der Waals surface area (Å²) in [5.41, 5.74) is 53.7. The molecular formula is C143H116. The summed E-state index contributed by atoms with van der Waals surface area (Å²) in [6.07, 6.45) is 0. The number of hydrogen-bond acceptors (Lipinski definition) is 0. The normalized spacial score (nSPS) is 15.0. The van der Waals surface area contributed by atoms with Crippen LogP contribution in [-0.2, 0) is 37.9 Å². The van der Waals surface area contributed by atoms with E-state index < -0.39 is 0 Å². The van der Waals surface area contributed by atoms with Crippen molar-refractivity contribution >= 4 is 64.6 Å². The Bertz CT molecular complexity index is 9230. The number of hydrogen-bond donors (Lipinski definition) is 0. The first-order chi connectivity index (χ1) is 69.0. The second-order valence-electron chi connectivity index (χ2n) is 45.7. The van der Waals surface area contributed by atoms with Crippen LogP contribution in [0.5, 0.6) is 0 Å². The van der Waals surface area contributed by atoms with Gasteiger partial charge in [-0.05, 0) is 342 Å². The maximum Gasteiger partial charge on any atom is 0.0159 e. The Labute approximate surface area is 842 Å². The van der Waals surface area contributed by atoms with Crippen LogP contribution in [-0.4, -0.2) is 0 Å². The Morgan fingerprint density at radius 2 is 0.336 bits per heavy atom. The van der Waals surface area contributed by atoms with Gasteiger partial charge in [-0.3, -0.25) is 0 Å². The summed E-state index contributed by atoms with van der Waals surface area (Å²) in [5, 5.41) is 15.6. The number of rotatable bonds is 7. The first-order valence-corrected chi connectivity index (χ1v) is 51.5. The third kappa shape index (κ3) is 13.1. The van der Waals surface area contributed by atoms with Crippen molar-refractivity contribution in [3.8, 4) is 145 Å². The molecule has 0 N–H and O–H groups in total. The van der Waals surface area contributed by atoms with Gasteiger partial charge in [0.15, 0.2) is 0 Å². The van der Waals surface area contributed by atoms with Crippen molar-refractivity contribution in [2.75, 3.05) is 0 Å². The van der Waals surface area contributed by atoms with E-state index >= 15 is 0 Å². The molecule has 22 aromatic carbocycles. The second kappa shape index (κ2) is 31.7. The zero-order valence-electron chi connectivity index (χ0n) is 84.8. The third-order valence-electron chi connectivity index (χ3n) is 34.4. The molecule has 0 fully saturated rings. The van der Waals surface area contributed by atoms with Gasteiger partial charge in [-0.2, -0.15) is 0 Å². The quantitative estimate of drug-likeness (QED) is 0.140. The second-order valence-corrected chi connectivity index (χ2v) is 45.7. The molecule has 0 atom stereocenters. The van der Waals surface area contributed by atoms with E-state index in [1.165, 1.54) is 287 Å². The molecule has 0 spiro atoms. The van der Waals surface area contributed by atoms with E-state index in [0.717, 1.165) is 0 Å². The Kier molecular flexibility index (Phi) is 19.4. The molecule has 0 saturated heterocycles. The third-order valence-corrected chi connectivity index (χ3v) is 34.4. The molecule has 0 heterocycles. The van der Waals surface area contributed by atoms with Gasteiger partial charge < -0.3 is 0 Å². The average molecular weight is 1830 g/mol. The van der Waals surface area contributed by atoms with E-state index in [0.29, 0.717) is 0 Å². The van der Waals surface area contributed by atoms with Crippen molar-refractivity contribution in [2.45, 2.75) is 149 Å². The van der Waals surface area contributed by atoms with E-state index in [9.17, 15) is 0 Å². The maximum atomic E-state index is 2.50. The molecule has 0 radical (unpaired) electrons. The van der Waals surface area contributed by atoms with Crippen LogP contribution >= 0.6 is 0 Å². The summed E-state index contributed by atoms with van der Waals surface area (Å²) >= 11 is 0. The fraction of sp³-hybridized carbons (Fsp3) is 0.161. The van der Waals surface area contributed by atoms with Crippen LogP contribution in [0.25, 0.3) is 209 Å². The van der Waals surface area contributed by atoms with Crippen molar-refractivity contribution < 1.29 is 0 Å². The SMILES string of the molecule is CC(C)(C)c1ccc2c(-c3ccc4c(c3)C(C)(C)c3ccccc3-4)c3ccccc3c(-c3ccc4c(c3)C(C)(C)c3ccccc3-4)c2c1.CC1(C)c2ccccc2-c2ccc(-c3c4ccccc4c(-c4ccc5c(c4)C(C)(C)c4ccccc4-5)c4cc(-c5ccccc5)ccc34)cc21.Cc1ccc2c(-c3ccc4c(c3)C(C)(C)c3ccccc3-4)c3ccccc3c(-c3ccc4c(c3)C(C)(C)c3ccccc3-4)c2c1. The van der Waals surface area contributed by atoms with Gasteiger partial charge in [0, 0.05) is 32.5 Å². The molecule has 0 unspecified atom stereocenters. The van der Waals surface area contributed by atoms with Crippen LogP contribution in [0.1, 0.15) is 182 Å². The van der Waals surface area contributed by atoms with Gasteiger partial charge in [0.25, 0.3) is 0 Å².